The molecule has 6 heteroatoms. The molecule has 1 atom stereocenters. The van der Waals surface area contributed by atoms with Gasteiger partial charge in [-0.2, -0.15) is 0 Å². The average molecular weight is 421 g/mol. The monoisotopic (exact) mass is 420 g/mol. The molecule has 2 aromatic rings. The van der Waals surface area contributed by atoms with E-state index in [0.717, 1.165) is 37.1 Å². The molecule has 2 heterocycles. The molecule has 1 saturated heterocycles. The number of imide groups is 1. The lowest BCUT2D eigenvalue weighted by Crippen LogP contribution is -2.39. The highest BCUT2D eigenvalue weighted by atomic mass is 16.5. The molecule has 0 aromatic heterocycles. The van der Waals surface area contributed by atoms with E-state index in [0.29, 0.717) is 34.4 Å². The van der Waals surface area contributed by atoms with Crippen LogP contribution in [0, 0.1) is 12.8 Å². The van der Waals surface area contributed by atoms with E-state index in [1.165, 1.54) is 12.0 Å². The maximum atomic E-state index is 13.7. The quantitative estimate of drug-likeness (QED) is 0.684. The second-order valence-electron chi connectivity index (χ2n) is 8.27. The van der Waals surface area contributed by atoms with E-state index in [2.05, 4.69) is 11.8 Å². The van der Waals surface area contributed by atoms with Gasteiger partial charge < -0.3 is 14.4 Å². The molecule has 0 aliphatic carbocycles. The van der Waals surface area contributed by atoms with Crippen molar-refractivity contribution in [2.75, 3.05) is 32.2 Å². The van der Waals surface area contributed by atoms with Gasteiger partial charge in [-0.1, -0.05) is 36.8 Å². The Morgan fingerprint density at radius 1 is 0.968 bits per heavy atom. The van der Waals surface area contributed by atoms with Crippen molar-refractivity contribution in [1.29, 1.82) is 0 Å². The molecule has 0 bridgehead atoms. The summed E-state index contributed by atoms with van der Waals surface area (Å²) in [5.41, 5.74) is 3.22. The Morgan fingerprint density at radius 2 is 1.71 bits per heavy atom. The molecule has 2 aliphatic rings. The average Bonchev–Trinajstić information content (AvgIpc) is 3.03. The number of methoxy groups -OCH3 is 2. The van der Waals surface area contributed by atoms with Crippen molar-refractivity contribution >= 4 is 23.1 Å². The topological polar surface area (TPSA) is 59.1 Å². The van der Waals surface area contributed by atoms with Crippen molar-refractivity contribution in [2.24, 2.45) is 5.92 Å². The predicted molar refractivity (Wildman–Crippen MR) is 120 cm³/mol. The van der Waals surface area contributed by atoms with Gasteiger partial charge in [0.05, 0.1) is 25.5 Å². The standard InChI is InChI=1S/C25H28N2O4/c1-16-7-9-18(10-8-16)22-23(26-13-5-6-17(2)15-26)25(29)27(24(22)28)20-12-11-19(30-3)14-21(20)31-4/h7-12,14,17H,5-6,13,15H2,1-4H3. The summed E-state index contributed by atoms with van der Waals surface area (Å²) in [7, 11) is 3.08. The van der Waals surface area contributed by atoms with Crippen LogP contribution in [0.1, 0.15) is 30.9 Å². The summed E-state index contributed by atoms with van der Waals surface area (Å²) in [6, 6.07) is 12.9. The van der Waals surface area contributed by atoms with Crippen LogP contribution < -0.4 is 14.4 Å². The van der Waals surface area contributed by atoms with Gasteiger partial charge in [0.15, 0.2) is 0 Å². The van der Waals surface area contributed by atoms with Crippen LogP contribution in [0.4, 0.5) is 5.69 Å². The number of likely N-dealkylation sites (tertiary alicyclic amines) is 1. The number of hydrogen-bond donors (Lipinski definition) is 0. The van der Waals surface area contributed by atoms with Crippen LogP contribution in [0.3, 0.4) is 0 Å². The van der Waals surface area contributed by atoms with Crippen LogP contribution in [-0.4, -0.2) is 44.0 Å². The fourth-order valence-electron chi connectivity index (χ4n) is 4.37. The van der Waals surface area contributed by atoms with Gasteiger partial charge >= 0.3 is 0 Å². The lowest BCUT2D eigenvalue weighted by Gasteiger charge is -2.33. The molecule has 0 N–H and O–H groups in total. The van der Waals surface area contributed by atoms with Gasteiger partial charge in [-0.3, -0.25) is 9.59 Å². The van der Waals surface area contributed by atoms with Crippen LogP contribution in [0.2, 0.25) is 0 Å². The van der Waals surface area contributed by atoms with Gasteiger partial charge in [-0.05, 0) is 43.4 Å². The van der Waals surface area contributed by atoms with Gasteiger partial charge in [0.25, 0.3) is 11.8 Å². The maximum Gasteiger partial charge on any atom is 0.282 e. The lowest BCUT2D eigenvalue weighted by atomic mass is 9.97. The van der Waals surface area contributed by atoms with Crippen molar-refractivity contribution in [3.05, 3.63) is 59.3 Å². The number of rotatable bonds is 5. The van der Waals surface area contributed by atoms with Gasteiger partial charge in [0, 0.05) is 19.2 Å². The largest absolute Gasteiger partial charge is 0.497 e. The van der Waals surface area contributed by atoms with E-state index < -0.39 is 0 Å². The Morgan fingerprint density at radius 3 is 2.35 bits per heavy atom. The number of piperidine rings is 1. The molecule has 31 heavy (non-hydrogen) atoms. The van der Waals surface area contributed by atoms with Gasteiger partial charge in [0.1, 0.15) is 17.2 Å². The number of benzene rings is 2. The van der Waals surface area contributed by atoms with Gasteiger partial charge in [0.2, 0.25) is 0 Å². The first kappa shape index (κ1) is 21.0. The summed E-state index contributed by atoms with van der Waals surface area (Å²) in [6.45, 7) is 5.71. The Bertz CT molecular complexity index is 1040. The molecule has 162 valence electrons. The summed E-state index contributed by atoms with van der Waals surface area (Å²) < 4.78 is 10.8. The van der Waals surface area contributed by atoms with E-state index in [9.17, 15) is 9.59 Å². The Hall–Kier alpha value is -3.28. The molecule has 6 nitrogen and oxygen atoms in total. The third-order valence-corrected chi connectivity index (χ3v) is 6.00. The number of aryl methyl sites for hydroxylation is 1. The van der Waals surface area contributed by atoms with Crippen LogP contribution in [0.15, 0.2) is 48.2 Å². The molecule has 2 amide bonds. The highest BCUT2D eigenvalue weighted by molar-refractivity contribution is 6.45. The number of amides is 2. The molecular formula is C25H28N2O4. The summed E-state index contributed by atoms with van der Waals surface area (Å²) in [5, 5.41) is 0. The summed E-state index contributed by atoms with van der Waals surface area (Å²) in [6.07, 6.45) is 2.13. The SMILES string of the molecule is COc1ccc(N2C(=O)C(c3ccc(C)cc3)=C(N3CCCC(C)C3)C2=O)c(OC)c1. The Labute approximate surface area is 183 Å². The second-order valence-corrected chi connectivity index (χ2v) is 8.27. The van der Waals surface area contributed by atoms with E-state index in [4.69, 9.17) is 9.47 Å². The van der Waals surface area contributed by atoms with Crippen LogP contribution in [0.25, 0.3) is 5.57 Å². The van der Waals surface area contributed by atoms with Crippen molar-refractivity contribution < 1.29 is 19.1 Å². The molecule has 2 aromatic carbocycles. The summed E-state index contributed by atoms with van der Waals surface area (Å²) >= 11 is 0. The number of carbonyl (C=O) groups excluding carboxylic acids is 2. The molecule has 1 fully saturated rings. The first-order valence-corrected chi connectivity index (χ1v) is 10.6. The Balaban J connectivity index is 1.83. The van der Waals surface area contributed by atoms with E-state index >= 15 is 0 Å². The fraction of sp³-hybridized carbons (Fsp3) is 0.360. The minimum Gasteiger partial charge on any atom is -0.497 e. The summed E-state index contributed by atoms with van der Waals surface area (Å²) in [5.74, 6) is 0.839. The van der Waals surface area contributed by atoms with Gasteiger partial charge in [-0.25, -0.2) is 4.90 Å². The van der Waals surface area contributed by atoms with Crippen LogP contribution >= 0.6 is 0 Å². The molecule has 4 rings (SSSR count). The second kappa shape index (κ2) is 8.46. The third kappa shape index (κ3) is 3.78. The van der Waals surface area contributed by atoms with Crippen LogP contribution in [-0.2, 0) is 9.59 Å². The number of hydrogen-bond acceptors (Lipinski definition) is 5. The van der Waals surface area contributed by atoms with E-state index in [-0.39, 0.29) is 11.8 Å². The van der Waals surface area contributed by atoms with Crippen molar-refractivity contribution in [3.63, 3.8) is 0 Å². The highest BCUT2D eigenvalue weighted by Crippen LogP contribution is 2.40. The van der Waals surface area contributed by atoms with E-state index in [1.807, 2.05) is 31.2 Å². The van der Waals surface area contributed by atoms with Crippen LogP contribution in [0.5, 0.6) is 11.5 Å². The van der Waals surface area contributed by atoms with Gasteiger partial charge in [-0.15, -0.1) is 0 Å². The molecule has 0 saturated carbocycles. The van der Waals surface area contributed by atoms with Crippen molar-refractivity contribution in [1.82, 2.24) is 4.90 Å². The number of nitrogens with zero attached hydrogens (tertiary/aromatic N) is 2. The smallest absolute Gasteiger partial charge is 0.282 e. The number of carbonyl (C=O) groups is 2. The maximum absolute atomic E-state index is 13.7. The van der Waals surface area contributed by atoms with Crippen molar-refractivity contribution in [3.8, 4) is 11.5 Å². The molecule has 0 radical (unpaired) electrons. The minimum atomic E-state index is -0.328. The minimum absolute atomic E-state index is 0.307. The first-order chi connectivity index (χ1) is 14.9. The van der Waals surface area contributed by atoms with Crippen molar-refractivity contribution in [2.45, 2.75) is 26.7 Å². The fourth-order valence-corrected chi connectivity index (χ4v) is 4.37. The van der Waals surface area contributed by atoms with E-state index in [1.54, 1.807) is 25.3 Å². The molecule has 0 spiro atoms. The third-order valence-electron chi connectivity index (χ3n) is 6.00. The number of ether oxygens (including phenoxy) is 2. The zero-order valence-corrected chi connectivity index (χ0v) is 18.5. The molecular weight excluding hydrogens is 392 g/mol. The zero-order valence-electron chi connectivity index (χ0n) is 18.5. The molecule has 1 unspecified atom stereocenters. The zero-order chi connectivity index (χ0) is 22.1. The lowest BCUT2D eigenvalue weighted by molar-refractivity contribution is -0.120. The number of anilines is 1. The predicted octanol–water partition coefficient (Wildman–Crippen LogP) is 4.03. The first-order valence-electron chi connectivity index (χ1n) is 10.6. The Kier molecular flexibility index (Phi) is 5.72. The molecule has 2 aliphatic heterocycles. The summed E-state index contributed by atoms with van der Waals surface area (Å²) in [4.78, 5) is 30.7. The highest BCUT2D eigenvalue weighted by Gasteiger charge is 2.44. The normalized spacial score (nSPS) is 19.3.